The zero-order valence-electron chi connectivity index (χ0n) is 9.94. The minimum atomic E-state index is -0.514. The fourth-order valence-corrected chi connectivity index (χ4v) is 1.85. The molecule has 0 spiro atoms. The van der Waals surface area contributed by atoms with Crippen molar-refractivity contribution in [2.45, 2.75) is 20.5 Å². The fourth-order valence-electron chi connectivity index (χ4n) is 1.53. The predicted molar refractivity (Wildman–Crippen MR) is 67.7 cm³/mol. The van der Waals surface area contributed by atoms with E-state index >= 15 is 0 Å². The summed E-state index contributed by atoms with van der Waals surface area (Å²) in [6.45, 7) is 3.87. The molecule has 4 nitrogen and oxygen atoms in total. The van der Waals surface area contributed by atoms with Crippen molar-refractivity contribution in [2.24, 2.45) is 0 Å². The second-order valence-electron chi connectivity index (χ2n) is 3.75. The van der Waals surface area contributed by atoms with Crippen LogP contribution in [0.2, 0.25) is 0 Å². The van der Waals surface area contributed by atoms with Gasteiger partial charge in [0.15, 0.2) is 11.6 Å². The lowest BCUT2D eigenvalue weighted by Gasteiger charge is -2.08. The summed E-state index contributed by atoms with van der Waals surface area (Å²) < 4.78 is 19.1. The first-order valence-electron chi connectivity index (χ1n) is 5.30. The summed E-state index contributed by atoms with van der Waals surface area (Å²) in [5.41, 5.74) is 1.57. The van der Waals surface area contributed by atoms with Crippen molar-refractivity contribution in [1.82, 2.24) is 15.0 Å². The van der Waals surface area contributed by atoms with Gasteiger partial charge in [-0.15, -0.1) is 0 Å². The van der Waals surface area contributed by atoms with Crippen LogP contribution in [0.3, 0.4) is 0 Å². The third kappa shape index (κ3) is 3.01. The van der Waals surface area contributed by atoms with Crippen LogP contribution >= 0.6 is 15.9 Å². The van der Waals surface area contributed by atoms with E-state index in [9.17, 15) is 4.39 Å². The van der Waals surface area contributed by atoms with Crippen LogP contribution in [-0.2, 0) is 6.61 Å². The van der Waals surface area contributed by atoms with Crippen LogP contribution < -0.4 is 4.74 Å². The minimum absolute atomic E-state index is 0.134. The highest BCUT2D eigenvalue weighted by molar-refractivity contribution is 9.10. The smallest absolute Gasteiger partial charge is 0.197 e. The van der Waals surface area contributed by atoms with Gasteiger partial charge in [-0.1, -0.05) is 0 Å². The van der Waals surface area contributed by atoms with E-state index in [0.717, 1.165) is 5.69 Å². The van der Waals surface area contributed by atoms with Crippen LogP contribution in [0.5, 0.6) is 5.75 Å². The highest BCUT2D eigenvalue weighted by atomic mass is 79.9. The summed E-state index contributed by atoms with van der Waals surface area (Å²) in [5.74, 6) is 0.302. The van der Waals surface area contributed by atoms with Crippen molar-refractivity contribution < 1.29 is 9.13 Å². The van der Waals surface area contributed by atoms with Crippen molar-refractivity contribution in [3.05, 3.63) is 46.0 Å². The van der Waals surface area contributed by atoms with Crippen molar-refractivity contribution in [3.63, 3.8) is 0 Å². The standard InChI is InChI=1S/C12H11BrFN3O/c1-7-5-9(17-8(2)16-7)6-18-10-3-4-15-12(13)11(10)14/h3-5H,6H2,1-2H3. The molecule has 0 aliphatic heterocycles. The van der Waals surface area contributed by atoms with Crippen molar-refractivity contribution in [3.8, 4) is 5.75 Å². The number of aryl methyl sites for hydroxylation is 2. The molecule has 2 rings (SSSR count). The van der Waals surface area contributed by atoms with Crippen LogP contribution in [0.4, 0.5) is 4.39 Å². The molecule has 0 saturated heterocycles. The summed E-state index contributed by atoms with van der Waals surface area (Å²) in [6.07, 6.45) is 1.47. The quantitative estimate of drug-likeness (QED) is 0.818. The van der Waals surface area contributed by atoms with Gasteiger partial charge in [0, 0.05) is 18.0 Å². The Labute approximate surface area is 112 Å². The Bertz CT molecular complexity index is 557. The predicted octanol–water partition coefficient (Wildman–Crippen LogP) is 2.97. The highest BCUT2D eigenvalue weighted by Crippen LogP contribution is 2.22. The number of rotatable bonds is 3. The molecule has 0 atom stereocenters. The van der Waals surface area contributed by atoms with E-state index in [1.807, 2.05) is 6.92 Å². The van der Waals surface area contributed by atoms with Gasteiger partial charge in [0.25, 0.3) is 0 Å². The normalized spacial score (nSPS) is 10.4. The molecule has 0 bridgehead atoms. The molecule has 2 aromatic rings. The Morgan fingerprint density at radius 2 is 2.11 bits per heavy atom. The Kier molecular flexibility index (Phi) is 3.86. The largest absolute Gasteiger partial charge is 0.484 e. The molecule has 0 fully saturated rings. The average Bonchev–Trinajstić information content (AvgIpc) is 2.30. The Hall–Kier alpha value is -1.56. The summed E-state index contributed by atoms with van der Waals surface area (Å²) in [7, 11) is 0. The second kappa shape index (κ2) is 5.39. The molecule has 6 heteroatoms. The molecule has 0 unspecified atom stereocenters. The van der Waals surface area contributed by atoms with Gasteiger partial charge in [-0.2, -0.15) is 4.39 Å². The van der Waals surface area contributed by atoms with E-state index in [-0.39, 0.29) is 17.0 Å². The van der Waals surface area contributed by atoms with E-state index in [1.54, 1.807) is 13.0 Å². The van der Waals surface area contributed by atoms with Crippen LogP contribution in [0.15, 0.2) is 22.9 Å². The van der Waals surface area contributed by atoms with Gasteiger partial charge in [-0.05, 0) is 35.8 Å². The van der Waals surface area contributed by atoms with Crippen molar-refractivity contribution in [1.29, 1.82) is 0 Å². The fraction of sp³-hybridized carbons (Fsp3) is 0.250. The van der Waals surface area contributed by atoms with Crippen LogP contribution in [0, 0.1) is 19.7 Å². The number of halogens is 2. The lowest BCUT2D eigenvalue weighted by molar-refractivity contribution is 0.284. The maximum atomic E-state index is 13.6. The molecular formula is C12H11BrFN3O. The zero-order valence-corrected chi connectivity index (χ0v) is 11.5. The molecule has 2 heterocycles. The van der Waals surface area contributed by atoms with E-state index in [4.69, 9.17) is 4.74 Å². The molecule has 94 valence electrons. The maximum Gasteiger partial charge on any atom is 0.197 e. The monoisotopic (exact) mass is 311 g/mol. The minimum Gasteiger partial charge on any atom is -0.484 e. The van der Waals surface area contributed by atoms with Gasteiger partial charge < -0.3 is 4.74 Å². The van der Waals surface area contributed by atoms with E-state index in [1.165, 1.54) is 12.3 Å². The second-order valence-corrected chi connectivity index (χ2v) is 4.50. The molecule has 0 amide bonds. The summed E-state index contributed by atoms with van der Waals surface area (Å²) in [4.78, 5) is 12.1. The molecule has 0 aromatic carbocycles. The van der Waals surface area contributed by atoms with Gasteiger partial charge >= 0.3 is 0 Å². The first kappa shape index (κ1) is 12.9. The summed E-state index contributed by atoms with van der Waals surface area (Å²) >= 11 is 3.00. The van der Waals surface area contributed by atoms with E-state index in [2.05, 4.69) is 30.9 Å². The molecule has 18 heavy (non-hydrogen) atoms. The third-order valence-electron chi connectivity index (χ3n) is 2.21. The van der Waals surface area contributed by atoms with Gasteiger partial charge in [-0.3, -0.25) is 0 Å². The van der Waals surface area contributed by atoms with E-state index in [0.29, 0.717) is 11.5 Å². The number of nitrogens with zero attached hydrogens (tertiary/aromatic N) is 3. The number of ether oxygens (including phenoxy) is 1. The Balaban J connectivity index is 2.14. The molecule has 0 N–H and O–H groups in total. The molecule has 0 radical (unpaired) electrons. The van der Waals surface area contributed by atoms with Gasteiger partial charge in [0.05, 0.1) is 5.69 Å². The van der Waals surface area contributed by atoms with Gasteiger partial charge in [-0.25, -0.2) is 15.0 Å². The van der Waals surface area contributed by atoms with Crippen molar-refractivity contribution >= 4 is 15.9 Å². The molecule has 0 aliphatic carbocycles. The highest BCUT2D eigenvalue weighted by Gasteiger charge is 2.09. The number of pyridine rings is 1. The maximum absolute atomic E-state index is 13.6. The number of aromatic nitrogens is 3. The average molecular weight is 312 g/mol. The molecule has 2 aromatic heterocycles. The van der Waals surface area contributed by atoms with Crippen LogP contribution in [-0.4, -0.2) is 15.0 Å². The van der Waals surface area contributed by atoms with Gasteiger partial charge in [0.2, 0.25) is 0 Å². The molecule has 0 saturated carbocycles. The number of hydrogen-bond acceptors (Lipinski definition) is 4. The Morgan fingerprint density at radius 3 is 2.83 bits per heavy atom. The third-order valence-corrected chi connectivity index (χ3v) is 2.76. The summed E-state index contributed by atoms with van der Waals surface area (Å²) in [6, 6.07) is 3.28. The van der Waals surface area contributed by atoms with Crippen LogP contribution in [0.25, 0.3) is 0 Å². The zero-order chi connectivity index (χ0) is 13.1. The van der Waals surface area contributed by atoms with E-state index < -0.39 is 5.82 Å². The lowest BCUT2D eigenvalue weighted by atomic mass is 10.3. The topological polar surface area (TPSA) is 47.9 Å². The number of hydrogen-bond donors (Lipinski definition) is 0. The first-order chi connectivity index (χ1) is 8.56. The van der Waals surface area contributed by atoms with Crippen molar-refractivity contribution in [2.75, 3.05) is 0 Å². The van der Waals surface area contributed by atoms with Crippen LogP contribution in [0.1, 0.15) is 17.2 Å². The molecule has 0 aliphatic rings. The molecular weight excluding hydrogens is 301 g/mol. The SMILES string of the molecule is Cc1cc(COc2ccnc(Br)c2F)nc(C)n1. The Morgan fingerprint density at radius 1 is 1.33 bits per heavy atom. The lowest BCUT2D eigenvalue weighted by Crippen LogP contribution is -2.03. The summed E-state index contributed by atoms with van der Waals surface area (Å²) in [5, 5.41) is 0. The van der Waals surface area contributed by atoms with Gasteiger partial charge in [0.1, 0.15) is 17.0 Å². The first-order valence-corrected chi connectivity index (χ1v) is 6.09.